The predicted molar refractivity (Wildman–Crippen MR) is 69.2 cm³/mol. The molecule has 106 valence electrons. The summed E-state index contributed by atoms with van der Waals surface area (Å²) in [6, 6.07) is 0. The van der Waals surface area contributed by atoms with Gasteiger partial charge in [0.1, 0.15) is 0 Å². The molecule has 0 bridgehead atoms. The van der Waals surface area contributed by atoms with Crippen molar-refractivity contribution in [1.82, 2.24) is 10.6 Å². The highest BCUT2D eigenvalue weighted by Crippen LogP contribution is 2.13. The lowest BCUT2D eigenvalue weighted by Crippen LogP contribution is -2.46. The van der Waals surface area contributed by atoms with E-state index in [2.05, 4.69) is 10.6 Å². The van der Waals surface area contributed by atoms with Crippen molar-refractivity contribution in [3.63, 3.8) is 0 Å². The molecule has 1 fully saturated rings. The van der Waals surface area contributed by atoms with E-state index in [1.54, 1.807) is 13.8 Å². The Hall–Kier alpha value is -0.660. The second-order valence-electron chi connectivity index (χ2n) is 5.21. The third-order valence-corrected chi connectivity index (χ3v) is 5.28. The maximum absolute atomic E-state index is 11.7. The van der Waals surface area contributed by atoms with Gasteiger partial charge in [-0.2, -0.15) is 0 Å². The van der Waals surface area contributed by atoms with Crippen LogP contribution in [0.2, 0.25) is 0 Å². The minimum absolute atomic E-state index is 0.116. The van der Waals surface area contributed by atoms with Crippen LogP contribution in [0, 0.1) is 0 Å². The lowest BCUT2D eigenvalue weighted by Gasteiger charge is -2.25. The van der Waals surface area contributed by atoms with Crippen LogP contribution in [0.3, 0.4) is 0 Å². The van der Waals surface area contributed by atoms with Gasteiger partial charge in [0.15, 0.2) is 9.84 Å². The fraction of sp³-hybridized carbons (Fsp3) is 0.909. The van der Waals surface area contributed by atoms with Gasteiger partial charge in [-0.25, -0.2) is 8.42 Å². The standard InChI is InChI=1S/C11H22N2O4S/c1-11(2,18(3,15)16)8-13-10(14)6-9-7-12-4-5-17-9/h9,12H,4-8H2,1-3H3,(H,13,14). The molecular formula is C11H22N2O4S. The number of morpholine rings is 1. The first-order valence-corrected chi connectivity index (χ1v) is 7.90. The van der Waals surface area contributed by atoms with Crippen LogP contribution in [-0.2, 0) is 19.4 Å². The normalized spacial score (nSPS) is 21.6. The second-order valence-corrected chi connectivity index (χ2v) is 7.86. The Balaban J connectivity index is 2.37. The van der Waals surface area contributed by atoms with E-state index in [9.17, 15) is 13.2 Å². The van der Waals surface area contributed by atoms with Crippen molar-refractivity contribution in [2.45, 2.75) is 31.1 Å². The van der Waals surface area contributed by atoms with Crippen LogP contribution in [0.1, 0.15) is 20.3 Å². The van der Waals surface area contributed by atoms with Gasteiger partial charge in [0.25, 0.3) is 0 Å². The molecule has 0 saturated carbocycles. The molecule has 6 nitrogen and oxygen atoms in total. The average molecular weight is 278 g/mol. The Morgan fingerprint density at radius 2 is 2.17 bits per heavy atom. The van der Waals surface area contributed by atoms with Gasteiger partial charge < -0.3 is 15.4 Å². The predicted octanol–water partition coefficient (Wildman–Crippen LogP) is -0.696. The molecule has 0 aromatic rings. The summed E-state index contributed by atoms with van der Waals surface area (Å²) < 4.78 is 27.4. The summed E-state index contributed by atoms with van der Waals surface area (Å²) in [6.07, 6.45) is 1.31. The van der Waals surface area contributed by atoms with Crippen molar-refractivity contribution in [3.05, 3.63) is 0 Å². The number of carbonyl (C=O) groups excluding carboxylic acids is 1. The van der Waals surface area contributed by atoms with E-state index in [0.717, 1.165) is 6.54 Å². The Labute approximate surface area is 108 Å². The zero-order chi connectivity index (χ0) is 13.8. The van der Waals surface area contributed by atoms with Crippen LogP contribution in [0.4, 0.5) is 0 Å². The zero-order valence-electron chi connectivity index (χ0n) is 11.2. The van der Waals surface area contributed by atoms with Crippen molar-refractivity contribution in [2.75, 3.05) is 32.5 Å². The number of rotatable bonds is 5. The van der Waals surface area contributed by atoms with E-state index in [1.807, 2.05) is 0 Å². The number of amides is 1. The molecule has 2 N–H and O–H groups in total. The third-order valence-electron chi connectivity index (χ3n) is 3.13. The first kappa shape index (κ1) is 15.4. The molecule has 1 amide bonds. The van der Waals surface area contributed by atoms with Gasteiger partial charge in [0, 0.05) is 25.9 Å². The maximum Gasteiger partial charge on any atom is 0.222 e. The number of ether oxygens (including phenoxy) is 1. The van der Waals surface area contributed by atoms with Gasteiger partial charge in [-0.15, -0.1) is 0 Å². The molecule has 1 unspecified atom stereocenters. The lowest BCUT2D eigenvalue weighted by atomic mass is 10.2. The summed E-state index contributed by atoms with van der Waals surface area (Å²) in [5.41, 5.74) is 0. The van der Waals surface area contributed by atoms with Crippen molar-refractivity contribution in [3.8, 4) is 0 Å². The van der Waals surface area contributed by atoms with Crippen LogP contribution in [0.15, 0.2) is 0 Å². The molecule has 0 aliphatic carbocycles. The number of hydrogen-bond acceptors (Lipinski definition) is 5. The quantitative estimate of drug-likeness (QED) is 0.695. The van der Waals surface area contributed by atoms with Gasteiger partial charge in [-0.05, 0) is 13.8 Å². The molecule has 1 atom stereocenters. The molecule has 1 saturated heterocycles. The summed E-state index contributed by atoms with van der Waals surface area (Å²) in [4.78, 5) is 11.7. The van der Waals surface area contributed by atoms with Crippen LogP contribution >= 0.6 is 0 Å². The Bertz CT molecular complexity index is 386. The molecule has 7 heteroatoms. The highest BCUT2D eigenvalue weighted by atomic mass is 32.2. The van der Waals surface area contributed by atoms with E-state index in [4.69, 9.17) is 4.74 Å². The van der Waals surface area contributed by atoms with Gasteiger partial charge in [-0.3, -0.25) is 4.79 Å². The van der Waals surface area contributed by atoms with E-state index < -0.39 is 14.6 Å². The molecular weight excluding hydrogens is 256 g/mol. The maximum atomic E-state index is 11.7. The molecule has 1 aliphatic heterocycles. The lowest BCUT2D eigenvalue weighted by molar-refractivity contribution is -0.124. The molecule has 0 aromatic carbocycles. The molecule has 1 aliphatic rings. The molecule has 0 spiro atoms. The van der Waals surface area contributed by atoms with E-state index in [-0.39, 0.29) is 25.0 Å². The summed E-state index contributed by atoms with van der Waals surface area (Å²) in [6.45, 7) is 5.38. The monoisotopic (exact) mass is 278 g/mol. The fourth-order valence-corrected chi connectivity index (χ4v) is 1.81. The third kappa shape index (κ3) is 4.55. The number of nitrogens with one attached hydrogen (secondary N) is 2. The van der Waals surface area contributed by atoms with Crippen LogP contribution in [0.25, 0.3) is 0 Å². The average Bonchev–Trinajstić information content (AvgIpc) is 2.26. The van der Waals surface area contributed by atoms with Crippen molar-refractivity contribution in [2.24, 2.45) is 0 Å². The van der Waals surface area contributed by atoms with Gasteiger partial charge in [0.05, 0.1) is 23.9 Å². The number of sulfone groups is 1. The fourth-order valence-electron chi connectivity index (χ4n) is 1.47. The Morgan fingerprint density at radius 1 is 1.50 bits per heavy atom. The Morgan fingerprint density at radius 3 is 2.67 bits per heavy atom. The first-order valence-electron chi connectivity index (χ1n) is 6.01. The van der Waals surface area contributed by atoms with E-state index in [0.29, 0.717) is 13.2 Å². The summed E-state index contributed by atoms with van der Waals surface area (Å²) in [7, 11) is -3.19. The molecule has 1 heterocycles. The van der Waals surface area contributed by atoms with Gasteiger partial charge in [-0.1, -0.05) is 0 Å². The largest absolute Gasteiger partial charge is 0.375 e. The minimum atomic E-state index is -3.19. The first-order chi connectivity index (χ1) is 8.22. The Kier molecular flexibility index (Phi) is 5.12. The summed E-state index contributed by atoms with van der Waals surface area (Å²) >= 11 is 0. The van der Waals surface area contributed by atoms with Crippen molar-refractivity contribution >= 4 is 15.7 Å². The van der Waals surface area contributed by atoms with Crippen LogP contribution in [-0.4, -0.2) is 57.7 Å². The smallest absolute Gasteiger partial charge is 0.222 e. The topological polar surface area (TPSA) is 84.5 Å². The molecule has 18 heavy (non-hydrogen) atoms. The van der Waals surface area contributed by atoms with E-state index in [1.165, 1.54) is 6.26 Å². The molecule has 0 radical (unpaired) electrons. The highest BCUT2D eigenvalue weighted by molar-refractivity contribution is 7.92. The number of carbonyl (C=O) groups is 1. The van der Waals surface area contributed by atoms with Crippen LogP contribution in [0.5, 0.6) is 0 Å². The van der Waals surface area contributed by atoms with Crippen molar-refractivity contribution < 1.29 is 17.9 Å². The van der Waals surface area contributed by atoms with Gasteiger partial charge in [0.2, 0.25) is 5.91 Å². The molecule has 1 rings (SSSR count). The molecule has 0 aromatic heterocycles. The SMILES string of the molecule is CC(C)(CNC(=O)CC1CNCCO1)S(C)(=O)=O. The summed E-state index contributed by atoms with van der Waals surface area (Å²) in [5.74, 6) is -0.180. The van der Waals surface area contributed by atoms with Crippen LogP contribution < -0.4 is 10.6 Å². The van der Waals surface area contributed by atoms with E-state index >= 15 is 0 Å². The van der Waals surface area contributed by atoms with Gasteiger partial charge >= 0.3 is 0 Å². The second kappa shape index (κ2) is 5.99. The summed E-state index contributed by atoms with van der Waals surface area (Å²) in [5, 5.41) is 5.79. The minimum Gasteiger partial charge on any atom is -0.375 e. The highest BCUT2D eigenvalue weighted by Gasteiger charge is 2.30. The number of hydrogen-bond donors (Lipinski definition) is 2. The van der Waals surface area contributed by atoms with Crippen molar-refractivity contribution in [1.29, 1.82) is 0 Å². The zero-order valence-corrected chi connectivity index (χ0v) is 12.0.